The van der Waals surface area contributed by atoms with E-state index in [4.69, 9.17) is 9.26 Å². The van der Waals surface area contributed by atoms with Gasteiger partial charge in [-0.05, 0) is 67.1 Å². The minimum absolute atomic E-state index is 0.221. The van der Waals surface area contributed by atoms with E-state index in [0.29, 0.717) is 35.5 Å². The molecule has 0 saturated carbocycles. The van der Waals surface area contributed by atoms with E-state index in [-0.39, 0.29) is 11.7 Å². The molecule has 0 saturated heterocycles. The van der Waals surface area contributed by atoms with Gasteiger partial charge in [-0.15, -0.1) is 0 Å². The van der Waals surface area contributed by atoms with Crippen LogP contribution in [0.4, 0.5) is 4.39 Å². The number of nitrogens with zero attached hydrogens (tertiary/aromatic N) is 3. The van der Waals surface area contributed by atoms with Crippen molar-refractivity contribution in [2.75, 3.05) is 0 Å². The minimum atomic E-state index is -0.341. The number of rotatable bonds is 6. The summed E-state index contributed by atoms with van der Waals surface area (Å²) in [6.45, 7) is 2.04. The molecule has 0 aliphatic heterocycles. The molecule has 0 fully saturated rings. The predicted octanol–water partition coefficient (Wildman–Crippen LogP) is 4.30. The second kappa shape index (κ2) is 8.52. The van der Waals surface area contributed by atoms with Crippen molar-refractivity contribution < 1.29 is 18.4 Å². The molecule has 2 aromatic heterocycles. The molecule has 0 unspecified atom stereocenters. The number of hydrogen-bond acceptors (Lipinski definition) is 6. The molecular weight excluding hydrogens is 387 g/mol. The van der Waals surface area contributed by atoms with Crippen LogP contribution in [0.3, 0.4) is 0 Å². The van der Waals surface area contributed by atoms with Gasteiger partial charge in [-0.25, -0.2) is 9.37 Å². The summed E-state index contributed by atoms with van der Waals surface area (Å²) < 4.78 is 23.7. The zero-order valence-corrected chi connectivity index (χ0v) is 16.0. The van der Waals surface area contributed by atoms with Crippen molar-refractivity contribution in [2.45, 2.75) is 13.5 Å². The first-order chi connectivity index (χ1) is 14.6. The summed E-state index contributed by atoms with van der Waals surface area (Å²) >= 11 is 0. The number of amides is 1. The lowest BCUT2D eigenvalue weighted by molar-refractivity contribution is 0.0951. The summed E-state index contributed by atoms with van der Waals surface area (Å²) in [4.78, 5) is 20.7. The summed E-state index contributed by atoms with van der Waals surface area (Å²) in [7, 11) is 0. The molecule has 150 valence electrons. The van der Waals surface area contributed by atoms with Gasteiger partial charge in [-0.1, -0.05) is 5.16 Å². The molecule has 8 heteroatoms. The number of carbonyl (C=O) groups is 1. The van der Waals surface area contributed by atoms with Gasteiger partial charge in [-0.3, -0.25) is 4.79 Å². The molecule has 0 atom stereocenters. The van der Waals surface area contributed by atoms with E-state index in [1.807, 2.05) is 0 Å². The standard InChI is InChI=1S/C22H17FN4O3/c1-14-26-22(30-27-14)17-4-2-16(3-5-17)21(28)25-13-15-10-11-24-20(12-15)29-19-8-6-18(23)7-9-19/h2-12H,13H2,1H3,(H,25,28). The highest BCUT2D eigenvalue weighted by molar-refractivity contribution is 5.94. The van der Waals surface area contributed by atoms with Crippen LogP contribution in [-0.4, -0.2) is 21.0 Å². The van der Waals surface area contributed by atoms with Gasteiger partial charge in [0.2, 0.25) is 5.88 Å². The van der Waals surface area contributed by atoms with Gasteiger partial charge in [0.1, 0.15) is 11.6 Å². The highest BCUT2D eigenvalue weighted by Gasteiger charge is 2.10. The fourth-order valence-corrected chi connectivity index (χ4v) is 2.70. The number of aryl methyl sites for hydroxylation is 1. The lowest BCUT2D eigenvalue weighted by atomic mass is 10.1. The first-order valence-electron chi connectivity index (χ1n) is 9.14. The summed E-state index contributed by atoms with van der Waals surface area (Å²) in [6, 6.07) is 16.0. The van der Waals surface area contributed by atoms with Gasteiger partial charge in [0.05, 0.1) is 0 Å². The first kappa shape index (κ1) is 19.3. The van der Waals surface area contributed by atoms with Gasteiger partial charge in [-0.2, -0.15) is 4.98 Å². The average Bonchev–Trinajstić information content (AvgIpc) is 3.20. The molecule has 4 rings (SSSR count). The Bertz CT molecular complexity index is 1160. The molecule has 0 bridgehead atoms. The van der Waals surface area contributed by atoms with Crippen LogP contribution < -0.4 is 10.1 Å². The Morgan fingerprint density at radius 3 is 2.57 bits per heavy atom. The average molecular weight is 404 g/mol. The van der Waals surface area contributed by atoms with Crippen molar-refractivity contribution in [1.29, 1.82) is 0 Å². The van der Waals surface area contributed by atoms with E-state index in [9.17, 15) is 9.18 Å². The Morgan fingerprint density at radius 1 is 1.10 bits per heavy atom. The summed E-state index contributed by atoms with van der Waals surface area (Å²) in [5.41, 5.74) is 2.06. The van der Waals surface area contributed by atoms with Crippen molar-refractivity contribution in [1.82, 2.24) is 20.4 Å². The minimum Gasteiger partial charge on any atom is -0.439 e. The molecule has 0 spiro atoms. The van der Waals surface area contributed by atoms with Crippen LogP contribution in [0, 0.1) is 12.7 Å². The van der Waals surface area contributed by atoms with Gasteiger partial charge >= 0.3 is 0 Å². The number of pyridine rings is 1. The highest BCUT2D eigenvalue weighted by atomic mass is 19.1. The number of aromatic nitrogens is 3. The third-order valence-corrected chi connectivity index (χ3v) is 4.21. The quantitative estimate of drug-likeness (QED) is 0.515. The number of hydrogen-bond donors (Lipinski definition) is 1. The molecule has 4 aromatic rings. The largest absolute Gasteiger partial charge is 0.439 e. The van der Waals surface area contributed by atoms with Crippen LogP contribution in [0.25, 0.3) is 11.5 Å². The van der Waals surface area contributed by atoms with Crippen molar-refractivity contribution in [3.63, 3.8) is 0 Å². The fraction of sp³-hybridized carbons (Fsp3) is 0.0909. The van der Waals surface area contributed by atoms with Crippen molar-refractivity contribution in [3.8, 4) is 23.1 Å². The molecule has 0 aliphatic rings. The third kappa shape index (κ3) is 4.67. The SMILES string of the molecule is Cc1noc(-c2ccc(C(=O)NCc3ccnc(Oc4ccc(F)cc4)c3)cc2)n1. The van der Waals surface area contributed by atoms with Gasteiger partial charge in [0.15, 0.2) is 5.82 Å². The van der Waals surface area contributed by atoms with Gasteiger partial charge in [0, 0.05) is 29.9 Å². The van der Waals surface area contributed by atoms with Crippen LogP contribution in [0.5, 0.6) is 11.6 Å². The number of nitrogens with one attached hydrogen (secondary N) is 1. The van der Waals surface area contributed by atoms with Crippen molar-refractivity contribution in [3.05, 3.63) is 89.6 Å². The fourth-order valence-electron chi connectivity index (χ4n) is 2.70. The van der Waals surface area contributed by atoms with E-state index in [0.717, 1.165) is 11.1 Å². The summed E-state index contributed by atoms with van der Waals surface area (Å²) in [5, 5.41) is 6.61. The first-order valence-corrected chi connectivity index (χ1v) is 9.14. The Morgan fingerprint density at radius 2 is 1.87 bits per heavy atom. The molecule has 2 heterocycles. The molecule has 0 aliphatic carbocycles. The summed E-state index contributed by atoms with van der Waals surface area (Å²) in [5.74, 6) is 1.22. The second-order valence-electron chi connectivity index (χ2n) is 6.47. The van der Waals surface area contributed by atoms with Crippen LogP contribution >= 0.6 is 0 Å². The zero-order chi connectivity index (χ0) is 20.9. The Hall–Kier alpha value is -4.07. The molecule has 30 heavy (non-hydrogen) atoms. The van der Waals surface area contributed by atoms with Crippen LogP contribution in [0.2, 0.25) is 0 Å². The molecule has 1 amide bonds. The Balaban J connectivity index is 1.37. The summed E-state index contributed by atoms with van der Waals surface area (Å²) in [6.07, 6.45) is 1.58. The Labute approximate surface area is 171 Å². The molecule has 2 aromatic carbocycles. The normalized spacial score (nSPS) is 10.6. The van der Waals surface area contributed by atoms with E-state index in [1.54, 1.807) is 49.5 Å². The van der Waals surface area contributed by atoms with Crippen LogP contribution in [0.1, 0.15) is 21.7 Å². The maximum Gasteiger partial charge on any atom is 0.257 e. The van der Waals surface area contributed by atoms with E-state index < -0.39 is 0 Å². The smallest absolute Gasteiger partial charge is 0.257 e. The Kier molecular flexibility index (Phi) is 5.47. The number of halogens is 1. The van der Waals surface area contributed by atoms with E-state index in [2.05, 4.69) is 20.4 Å². The maximum absolute atomic E-state index is 13.0. The van der Waals surface area contributed by atoms with E-state index in [1.165, 1.54) is 24.3 Å². The second-order valence-corrected chi connectivity index (χ2v) is 6.47. The van der Waals surface area contributed by atoms with Crippen molar-refractivity contribution in [2.24, 2.45) is 0 Å². The number of benzene rings is 2. The predicted molar refractivity (Wildman–Crippen MR) is 106 cm³/mol. The van der Waals surface area contributed by atoms with E-state index >= 15 is 0 Å². The van der Waals surface area contributed by atoms with Crippen LogP contribution in [0.15, 0.2) is 71.4 Å². The molecule has 7 nitrogen and oxygen atoms in total. The number of carbonyl (C=O) groups excluding carboxylic acids is 1. The van der Waals surface area contributed by atoms with Gasteiger partial charge in [0.25, 0.3) is 11.8 Å². The molecular formula is C22H17FN4O3. The monoisotopic (exact) mass is 404 g/mol. The van der Waals surface area contributed by atoms with Crippen LogP contribution in [-0.2, 0) is 6.54 Å². The highest BCUT2D eigenvalue weighted by Crippen LogP contribution is 2.20. The zero-order valence-electron chi connectivity index (χ0n) is 16.0. The molecule has 0 radical (unpaired) electrons. The third-order valence-electron chi connectivity index (χ3n) is 4.21. The molecule has 1 N–H and O–H groups in total. The van der Waals surface area contributed by atoms with Crippen molar-refractivity contribution >= 4 is 5.91 Å². The number of ether oxygens (including phenoxy) is 1. The lowest BCUT2D eigenvalue weighted by Gasteiger charge is -2.08. The van der Waals surface area contributed by atoms with Gasteiger partial charge < -0.3 is 14.6 Å². The maximum atomic E-state index is 13.0. The topological polar surface area (TPSA) is 90.1 Å². The lowest BCUT2D eigenvalue weighted by Crippen LogP contribution is -2.22.